The number of nitrogens with one attached hydrogen (secondary N) is 2. The number of rotatable bonds is 6. The maximum atomic E-state index is 13.1. The van der Waals surface area contributed by atoms with Gasteiger partial charge in [-0.3, -0.25) is 14.2 Å². The molecule has 0 fully saturated rings. The summed E-state index contributed by atoms with van der Waals surface area (Å²) in [6.07, 6.45) is 10.6. The van der Waals surface area contributed by atoms with E-state index >= 15 is 0 Å². The van der Waals surface area contributed by atoms with E-state index in [9.17, 15) is 9.59 Å². The lowest BCUT2D eigenvalue weighted by atomic mass is 10.1. The Morgan fingerprint density at radius 2 is 1.97 bits per heavy atom. The number of hydrogen-bond donors (Lipinski definition) is 3. The van der Waals surface area contributed by atoms with Crippen LogP contribution in [0.25, 0.3) is 16.6 Å². The third-order valence-corrected chi connectivity index (χ3v) is 4.83. The lowest BCUT2D eigenvalue weighted by molar-refractivity contribution is -0.134. The summed E-state index contributed by atoms with van der Waals surface area (Å²) in [7, 11) is 0. The summed E-state index contributed by atoms with van der Waals surface area (Å²) in [5, 5.41) is 15.6. The van der Waals surface area contributed by atoms with E-state index in [1.807, 2.05) is 78.3 Å². The zero-order chi connectivity index (χ0) is 21.8. The Bertz CT molecular complexity index is 1290. The highest BCUT2D eigenvalue weighted by Crippen LogP contribution is 2.28. The molecule has 0 atom stereocenters. The van der Waals surface area contributed by atoms with E-state index in [1.165, 1.54) is 6.07 Å². The SMILES string of the molecule is Cc1cc2c(c(NCC(=O)O)n1)c(=O)cc(NC1=CC=CC=CC1)n2-c1ccccc1. The molecule has 7 heteroatoms. The first-order valence-corrected chi connectivity index (χ1v) is 9.91. The Morgan fingerprint density at radius 1 is 1.16 bits per heavy atom. The van der Waals surface area contributed by atoms with Crippen molar-refractivity contribution in [3.05, 3.63) is 94.5 Å². The van der Waals surface area contributed by atoms with Gasteiger partial charge in [-0.15, -0.1) is 0 Å². The standard InChI is InChI=1S/C24H22N4O3/c1-16-13-19-23(24(26-16)25-15-22(30)31)20(29)14-21(27-17-9-5-2-3-6-10-17)28(19)18-11-7-4-8-12-18/h2-9,11-14,27H,10,15H2,1H3,(H,25,26)(H,30,31). The number of aryl methyl sites for hydroxylation is 1. The number of carbonyl (C=O) groups is 1. The normalized spacial score (nSPS) is 13.0. The second kappa shape index (κ2) is 8.71. The minimum atomic E-state index is -1.03. The van der Waals surface area contributed by atoms with Crippen molar-refractivity contribution in [1.29, 1.82) is 0 Å². The number of benzene rings is 1. The molecule has 2 aromatic heterocycles. The van der Waals surface area contributed by atoms with E-state index < -0.39 is 5.97 Å². The number of pyridine rings is 2. The van der Waals surface area contributed by atoms with Crippen LogP contribution in [0.5, 0.6) is 0 Å². The van der Waals surface area contributed by atoms with Gasteiger partial charge in [-0.25, -0.2) is 4.98 Å². The van der Waals surface area contributed by atoms with Crippen molar-refractivity contribution in [2.45, 2.75) is 13.3 Å². The second-order valence-electron chi connectivity index (χ2n) is 7.15. The molecule has 0 saturated heterocycles. The van der Waals surface area contributed by atoms with Gasteiger partial charge in [0.1, 0.15) is 18.2 Å². The summed E-state index contributed by atoms with van der Waals surface area (Å²) in [4.78, 5) is 28.6. The van der Waals surface area contributed by atoms with Gasteiger partial charge in [-0.05, 0) is 31.2 Å². The molecule has 3 aromatic rings. The van der Waals surface area contributed by atoms with Crippen molar-refractivity contribution in [2.24, 2.45) is 0 Å². The van der Waals surface area contributed by atoms with E-state index in [-0.39, 0.29) is 17.8 Å². The van der Waals surface area contributed by atoms with Crippen LogP contribution in [0, 0.1) is 6.92 Å². The summed E-state index contributed by atoms with van der Waals surface area (Å²) in [5.41, 5.74) is 2.88. The number of hydrogen-bond acceptors (Lipinski definition) is 5. The van der Waals surface area contributed by atoms with Crippen LogP contribution in [0.3, 0.4) is 0 Å². The molecule has 0 radical (unpaired) electrons. The van der Waals surface area contributed by atoms with Crippen LogP contribution in [0.4, 0.5) is 11.6 Å². The number of anilines is 2. The van der Waals surface area contributed by atoms with Crippen LogP contribution in [0.15, 0.2) is 83.3 Å². The van der Waals surface area contributed by atoms with E-state index in [4.69, 9.17) is 5.11 Å². The average molecular weight is 414 g/mol. The Labute approximate surface area is 179 Å². The molecule has 0 spiro atoms. The van der Waals surface area contributed by atoms with Gasteiger partial charge in [0.2, 0.25) is 0 Å². The maximum Gasteiger partial charge on any atom is 0.322 e. The number of para-hydroxylation sites is 1. The number of carboxylic acid groups (broad SMARTS) is 1. The first kappa shape index (κ1) is 20.2. The van der Waals surface area contributed by atoms with Gasteiger partial charge >= 0.3 is 5.97 Å². The van der Waals surface area contributed by atoms with Crippen molar-refractivity contribution in [3.63, 3.8) is 0 Å². The predicted molar refractivity (Wildman–Crippen MR) is 123 cm³/mol. The zero-order valence-electron chi connectivity index (χ0n) is 17.0. The number of aliphatic carboxylic acids is 1. The van der Waals surface area contributed by atoms with Crippen LogP contribution in [0.2, 0.25) is 0 Å². The summed E-state index contributed by atoms with van der Waals surface area (Å²) in [6, 6.07) is 13.1. The van der Waals surface area contributed by atoms with Crippen LogP contribution in [0.1, 0.15) is 12.1 Å². The number of fused-ring (bicyclic) bond motifs is 1. The first-order chi connectivity index (χ1) is 15.0. The largest absolute Gasteiger partial charge is 0.480 e. The Balaban J connectivity index is 1.96. The van der Waals surface area contributed by atoms with Crippen LogP contribution >= 0.6 is 0 Å². The van der Waals surface area contributed by atoms with Gasteiger partial charge in [0.25, 0.3) is 0 Å². The Hall–Kier alpha value is -4.13. The molecular weight excluding hydrogens is 392 g/mol. The second-order valence-corrected chi connectivity index (χ2v) is 7.15. The summed E-state index contributed by atoms with van der Waals surface area (Å²) < 4.78 is 1.95. The highest BCUT2D eigenvalue weighted by molar-refractivity contribution is 5.93. The van der Waals surface area contributed by atoms with Gasteiger partial charge in [0.05, 0.1) is 10.9 Å². The highest BCUT2D eigenvalue weighted by Gasteiger charge is 2.17. The Kier molecular flexibility index (Phi) is 5.66. The third kappa shape index (κ3) is 4.40. The van der Waals surface area contributed by atoms with Crippen LogP contribution in [-0.2, 0) is 4.79 Å². The monoisotopic (exact) mass is 414 g/mol. The van der Waals surface area contributed by atoms with Gasteiger partial charge in [0.15, 0.2) is 5.43 Å². The summed E-state index contributed by atoms with van der Waals surface area (Å²) in [5.74, 6) is -0.147. The van der Waals surface area contributed by atoms with Crippen molar-refractivity contribution < 1.29 is 9.90 Å². The van der Waals surface area contributed by atoms with Gasteiger partial charge < -0.3 is 15.7 Å². The van der Waals surface area contributed by atoms with E-state index in [1.54, 1.807) is 0 Å². The van der Waals surface area contributed by atoms with Crippen LogP contribution in [-0.4, -0.2) is 27.2 Å². The molecule has 156 valence electrons. The fourth-order valence-corrected chi connectivity index (χ4v) is 3.53. The minimum Gasteiger partial charge on any atom is -0.480 e. The molecule has 1 aromatic carbocycles. The van der Waals surface area contributed by atoms with Crippen molar-refractivity contribution in [1.82, 2.24) is 9.55 Å². The minimum absolute atomic E-state index is 0.245. The van der Waals surface area contributed by atoms with Crippen LogP contribution < -0.4 is 16.1 Å². The molecule has 0 aliphatic heterocycles. The fourth-order valence-electron chi connectivity index (χ4n) is 3.53. The maximum absolute atomic E-state index is 13.1. The van der Waals surface area contributed by atoms with Gasteiger partial charge in [-0.2, -0.15) is 0 Å². The first-order valence-electron chi connectivity index (χ1n) is 9.91. The van der Waals surface area contributed by atoms with Crippen molar-refractivity contribution in [2.75, 3.05) is 17.2 Å². The molecule has 0 unspecified atom stereocenters. The van der Waals surface area contributed by atoms with Gasteiger partial charge in [-0.1, -0.05) is 42.5 Å². The quantitative estimate of drug-likeness (QED) is 0.564. The molecule has 0 saturated carbocycles. The average Bonchev–Trinajstić information content (AvgIpc) is 3.01. The molecule has 1 aliphatic carbocycles. The van der Waals surface area contributed by atoms with Crippen molar-refractivity contribution >= 4 is 28.5 Å². The highest BCUT2D eigenvalue weighted by atomic mass is 16.4. The van der Waals surface area contributed by atoms with Gasteiger partial charge in [0, 0.05) is 29.6 Å². The summed E-state index contributed by atoms with van der Waals surface area (Å²) >= 11 is 0. The molecule has 4 rings (SSSR count). The number of carboxylic acids is 1. The molecular formula is C24H22N4O3. The van der Waals surface area contributed by atoms with E-state index in [2.05, 4.69) is 15.6 Å². The lowest BCUT2D eigenvalue weighted by Crippen LogP contribution is -2.19. The molecule has 1 aliphatic rings. The van der Waals surface area contributed by atoms with E-state index in [0.29, 0.717) is 28.8 Å². The Morgan fingerprint density at radius 3 is 2.74 bits per heavy atom. The summed E-state index contributed by atoms with van der Waals surface area (Å²) in [6.45, 7) is 1.48. The van der Waals surface area contributed by atoms with E-state index in [0.717, 1.165) is 11.4 Å². The number of nitrogens with zero attached hydrogens (tertiary/aromatic N) is 2. The smallest absolute Gasteiger partial charge is 0.322 e. The number of aromatic nitrogens is 2. The fraction of sp³-hybridized carbons (Fsp3) is 0.125. The molecule has 7 nitrogen and oxygen atoms in total. The molecule has 0 bridgehead atoms. The predicted octanol–water partition coefficient (Wildman–Crippen LogP) is 4.00. The third-order valence-electron chi connectivity index (χ3n) is 4.83. The molecule has 3 N–H and O–H groups in total. The molecule has 2 heterocycles. The molecule has 0 amide bonds. The lowest BCUT2D eigenvalue weighted by Gasteiger charge is -2.20. The zero-order valence-corrected chi connectivity index (χ0v) is 17.0. The van der Waals surface area contributed by atoms with Crippen molar-refractivity contribution in [3.8, 4) is 5.69 Å². The molecule has 31 heavy (non-hydrogen) atoms. The number of allylic oxidation sites excluding steroid dienone is 5. The topological polar surface area (TPSA) is 96.2 Å².